The van der Waals surface area contributed by atoms with Gasteiger partial charge in [0, 0.05) is 43.6 Å². The largest absolute Gasteiger partial charge is 0.348 e. The fourth-order valence-electron chi connectivity index (χ4n) is 3.15. The van der Waals surface area contributed by atoms with Crippen LogP contribution in [-0.2, 0) is 23.1 Å². The molecule has 134 valence electrons. The number of carbonyl (C=O) groups excluding carboxylic acids is 1. The van der Waals surface area contributed by atoms with E-state index >= 15 is 0 Å². The van der Waals surface area contributed by atoms with E-state index in [0.29, 0.717) is 31.7 Å². The highest BCUT2D eigenvalue weighted by atomic mass is 32.2. The van der Waals surface area contributed by atoms with Crippen molar-refractivity contribution in [2.24, 2.45) is 0 Å². The summed E-state index contributed by atoms with van der Waals surface area (Å²) < 4.78 is 28.6. The summed E-state index contributed by atoms with van der Waals surface area (Å²) >= 11 is 0. The lowest BCUT2D eigenvalue weighted by atomic mass is 10.2. The van der Waals surface area contributed by atoms with Gasteiger partial charge in [0.1, 0.15) is 0 Å². The fraction of sp³-hybridized carbons (Fsp3) is 0.389. The van der Waals surface area contributed by atoms with Crippen molar-refractivity contribution >= 4 is 15.9 Å². The molecule has 1 amide bonds. The van der Waals surface area contributed by atoms with Crippen molar-refractivity contribution in [2.45, 2.75) is 31.8 Å². The van der Waals surface area contributed by atoms with E-state index in [1.807, 2.05) is 32.2 Å². The van der Waals surface area contributed by atoms with Crippen LogP contribution in [0.1, 0.15) is 29.9 Å². The maximum Gasteiger partial charge on any atom is 0.254 e. The summed E-state index contributed by atoms with van der Waals surface area (Å²) in [4.78, 5) is 14.7. The molecule has 0 fully saturated rings. The van der Waals surface area contributed by atoms with Gasteiger partial charge in [0.15, 0.2) is 0 Å². The van der Waals surface area contributed by atoms with E-state index in [-0.39, 0.29) is 10.8 Å². The van der Waals surface area contributed by atoms with Gasteiger partial charge in [-0.3, -0.25) is 4.79 Å². The molecule has 0 N–H and O–H groups in total. The van der Waals surface area contributed by atoms with Crippen molar-refractivity contribution in [3.05, 3.63) is 53.9 Å². The number of benzene rings is 1. The highest BCUT2D eigenvalue weighted by molar-refractivity contribution is 7.89. The normalized spacial score (nSPS) is 14.6. The molecule has 0 saturated carbocycles. The fourth-order valence-corrected chi connectivity index (χ4v) is 4.61. The molecule has 1 aliphatic heterocycles. The number of sulfonamides is 1. The third kappa shape index (κ3) is 3.34. The molecule has 6 nitrogen and oxygen atoms in total. The highest BCUT2D eigenvalue weighted by Crippen LogP contribution is 2.19. The molecule has 1 aliphatic rings. The lowest BCUT2D eigenvalue weighted by Gasteiger charge is -2.28. The van der Waals surface area contributed by atoms with E-state index in [2.05, 4.69) is 4.57 Å². The Hall–Kier alpha value is -2.12. The number of nitrogens with zero attached hydrogens (tertiary/aromatic N) is 3. The number of hydrogen-bond acceptors (Lipinski definition) is 3. The minimum absolute atomic E-state index is 0.0702. The van der Waals surface area contributed by atoms with Crippen LogP contribution in [-0.4, -0.2) is 47.7 Å². The van der Waals surface area contributed by atoms with Gasteiger partial charge in [-0.15, -0.1) is 0 Å². The van der Waals surface area contributed by atoms with Crippen LogP contribution >= 0.6 is 0 Å². The molecule has 1 aromatic carbocycles. The third-order valence-corrected chi connectivity index (χ3v) is 6.68. The lowest BCUT2D eigenvalue weighted by molar-refractivity contribution is 0.0711. The monoisotopic (exact) mass is 361 g/mol. The van der Waals surface area contributed by atoms with Gasteiger partial charge in [-0.1, -0.05) is 13.8 Å². The standard InChI is InChI=1S/C18H23N3O3S/c1-3-21(4-2)25(23,24)17-9-7-15(8-10-17)18(22)20-13-12-19-11-5-6-16(19)14-20/h5-11H,3-4,12-14H2,1-2H3. The maximum atomic E-state index is 12.7. The van der Waals surface area contributed by atoms with Crippen LogP contribution in [0, 0.1) is 0 Å². The molecule has 7 heteroatoms. The van der Waals surface area contributed by atoms with Crippen molar-refractivity contribution in [1.82, 2.24) is 13.8 Å². The Kier molecular flexibility index (Phi) is 4.96. The molecule has 0 unspecified atom stereocenters. The van der Waals surface area contributed by atoms with E-state index in [4.69, 9.17) is 0 Å². The van der Waals surface area contributed by atoms with Gasteiger partial charge >= 0.3 is 0 Å². The summed E-state index contributed by atoms with van der Waals surface area (Å²) in [6.07, 6.45) is 2.02. The third-order valence-electron chi connectivity index (χ3n) is 4.62. The number of rotatable bonds is 5. The second kappa shape index (κ2) is 7.01. The Morgan fingerprint density at radius 1 is 1.08 bits per heavy atom. The summed E-state index contributed by atoms with van der Waals surface area (Å²) in [6, 6.07) is 10.2. The molecule has 0 atom stereocenters. The van der Waals surface area contributed by atoms with Crippen LogP contribution in [0.5, 0.6) is 0 Å². The molecule has 2 heterocycles. The predicted octanol–water partition coefficient (Wildman–Crippen LogP) is 2.17. The number of fused-ring (bicyclic) bond motifs is 1. The van der Waals surface area contributed by atoms with Crippen molar-refractivity contribution in [3.63, 3.8) is 0 Å². The van der Waals surface area contributed by atoms with Gasteiger partial charge in [-0.2, -0.15) is 4.31 Å². The van der Waals surface area contributed by atoms with E-state index in [0.717, 1.165) is 12.2 Å². The van der Waals surface area contributed by atoms with Crippen molar-refractivity contribution in [3.8, 4) is 0 Å². The van der Waals surface area contributed by atoms with Gasteiger partial charge in [-0.05, 0) is 36.4 Å². The molecule has 25 heavy (non-hydrogen) atoms. The minimum Gasteiger partial charge on any atom is -0.348 e. The van der Waals surface area contributed by atoms with Crippen LogP contribution < -0.4 is 0 Å². The van der Waals surface area contributed by atoms with Crippen LogP contribution in [0.4, 0.5) is 0 Å². The van der Waals surface area contributed by atoms with Crippen molar-refractivity contribution in [1.29, 1.82) is 0 Å². The van der Waals surface area contributed by atoms with E-state index in [1.165, 1.54) is 16.4 Å². The summed E-state index contributed by atoms with van der Waals surface area (Å²) in [5.74, 6) is -0.0702. The number of aromatic nitrogens is 1. The summed E-state index contributed by atoms with van der Waals surface area (Å²) in [7, 11) is -3.50. The molecule has 0 bridgehead atoms. The Labute approximate surface area is 148 Å². The molecule has 0 saturated heterocycles. The first-order chi connectivity index (χ1) is 12.0. The Balaban J connectivity index is 1.78. The minimum atomic E-state index is -3.50. The smallest absolute Gasteiger partial charge is 0.254 e. The van der Waals surface area contributed by atoms with E-state index in [9.17, 15) is 13.2 Å². The average Bonchev–Trinajstić information content (AvgIpc) is 3.09. The van der Waals surface area contributed by atoms with Gasteiger partial charge < -0.3 is 9.47 Å². The SMILES string of the molecule is CCN(CC)S(=O)(=O)c1ccc(C(=O)N2CCn3cccc3C2)cc1. The Morgan fingerprint density at radius 3 is 2.40 bits per heavy atom. The Bertz CT molecular complexity index is 852. The highest BCUT2D eigenvalue weighted by Gasteiger charge is 2.24. The zero-order valence-electron chi connectivity index (χ0n) is 14.6. The first-order valence-corrected chi connectivity index (χ1v) is 9.95. The van der Waals surface area contributed by atoms with Gasteiger partial charge in [0.2, 0.25) is 10.0 Å². The second-order valence-electron chi connectivity index (χ2n) is 6.03. The Morgan fingerprint density at radius 2 is 1.76 bits per heavy atom. The van der Waals surface area contributed by atoms with Crippen molar-refractivity contribution in [2.75, 3.05) is 19.6 Å². The lowest BCUT2D eigenvalue weighted by Crippen LogP contribution is -2.37. The molecule has 2 aromatic rings. The number of carbonyl (C=O) groups is 1. The number of amides is 1. The van der Waals surface area contributed by atoms with Gasteiger partial charge in [0.05, 0.1) is 11.4 Å². The molecule has 1 aromatic heterocycles. The molecule has 0 spiro atoms. The van der Waals surface area contributed by atoms with Crippen molar-refractivity contribution < 1.29 is 13.2 Å². The maximum absolute atomic E-state index is 12.7. The molecule has 0 aliphatic carbocycles. The number of hydrogen-bond donors (Lipinski definition) is 0. The molecular formula is C18H23N3O3S. The van der Waals surface area contributed by atoms with Crippen LogP contribution in [0.2, 0.25) is 0 Å². The van der Waals surface area contributed by atoms with Crippen LogP contribution in [0.15, 0.2) is 47.5 Å². The zero-order chi connectivity index (χ0) is 18.0. The van der Waals surface area contributed by atoms with Crippen LogP contribution in [0.3, 0.4) is 0 Å². The summed E-state index contributed by atoms with van der Waals surface area (Å²) in [5, 5.41) is 0. The average molecular weight is 361 g/mol. The topological polar surface area (TPSA) is 62.6 Å². The zero-order valence-corrected chi connectivity index (χ0v) is 15.4. The predicted molar refractivity (Wildman–Crippen MR) is 95.7 cm³/mol. The van der Waals surface area contributed by atoms with Gasteiger partial charge in [0.25, 0.3) is 5.91 Å². The molecule has 3 rings (SSSR count). The van der Waals surface area contributed by atoms with Crippen LogP contribution in [0.25, 0.3) is 0 Å². The summed E-state index contributed by atoms with van der Waals surface area (Å²) in [5.41, 5.74) is 1.62. The van der Waals surface area contributed by atoms with E-state index < -0.39 is 10.0 Å². The molecule has 0 radical (unpaired) electrons. The summed E-state index contributed by atoms with van der Waals surface area (Å²) in [6.45, 7) is 6.48. The first-order valence-electron chi connectivity index (χ1n) is 8.51. The first kappa shape index (κ1) is 17.7. The quantitative estimate of drug-likeness (QED) is 0.820. The second-order valence-corrected chi connectivity index (χ2v) is 7.97. The van der Waals surface area contributed by atoms with E-state index in [1.54, 1.807) is 17.0 Å². The van der Waals surface area contributed by atoms with Gasteiger partial charge in [-0.25, -0.2) is 8.42 Å². The molecular weight excluding hydrogens is 338 g/mol.